The van der Waals surface area contributed by atoms with E-state index in [0.717, 1.165) is 24.2 Å². The molecule has 236 valence electrons. The Morgan fingerprint density at radius 1 is 0.714 bits per heavy atom. The SMILES string of the molecule is CCCCOc1ccc(CCCC(C(=O)O)N2CCN(CC(=O)O)CCN(CC(=O)O)CCN(CC(=O)O)CC2)cc1. The summed E-state index contributed by atoms with van der Waals surface area (Å²) in [5, 5.41) is 38.3. The summed E-state index contributed by atoms with van der Waals surface area (Å²) < 4.78 is 5.71. The normalized spacial score (nSPS) is 17.5. The zero-order valence-electron chi connectivity index (χ0n) is 24.5. The van der Waals surface area contributed by atoms with Gasteiger partial charge in [0.2, 0.25) is 0 Å². The highest BCUT2D eigenvalue weighted by Crippen LogP contribution is 2.17. The number of carbonyl (C=O) groups is 4. The van der Waals surface area contributed by atoms with Crippen LogP contribution in [-0.2, 0) is 25.6 Å². The molecule has 0 bridgehead atoms. The number of carboxylic acids is 4. The first kappa shape index (κ1) is 34.9. The van der Waals surface area contributed by atoms with Crippen molar-refractivity contribution in [2.45, 2.75) is 45.1 Å². The topological polar surface area (TPSA) is 171 Å². The molecule has 1 unspecified atom stereocenters. The van der Waals surface area contributed by atoms with Crippen molar-refractivity contribution in [2.75, 3.05) is 78.6 Å². The molecule has 0 spiro atoms. The first-order valence-electron chi connectivity index (χ1n) is 14.6. The van der Waals surface area contributed by atoms with Gasteiger partial charge in [-0.25, -0.2) is 0 Å². The summed E-state index contributed by atoms with van der Waals surface area (Å²) >= 11 is 0. The van der Waals surface area contributed by atoms with Crippen molar-refractivity contribution in [3.05, 3.63) is 29.8 Å². The Labute approximate surface area is 247 Å². The van der Waals surface area contributed by atoms with Gasteiger partial charge < -0.3 is 25.2 Å². The second-order valence-corrected chi connectivity index (χ2v) is 10.6. The van der Waals surface area contributed by atoms with Gasteiger partial charge in [-0.2, -0.15) is 0 Å². The maximum absolute atomic E-state index is 12.4. The number of benzene rings is 1. The van der Waals surface area contributed by atoms with Crippen molar-refractivity contribution in [1.82, 2.24) is 19.6 Å². The van der Waals surface area contributed by atoms with Gasteiger partial charge in [0.25, 0.3) is 0 Å². The van der Waals surface area contributed by atoms with Gasteiger partial charge in [-0.3, -0.25) is 38.8 Å². The molecule has 0 radical (unpaired) electrons. The lowest BCUT2D eigenvalue weighted by atomic mass is 10.0. The van der Waals surface area contributed by atoms with Gasteiger partial charge in [-0.1, -0.05) is 25.5 Å². The molecule has 1 aromatic rings. The second kappa shape index (κ2) is 19.0. The minimum Gasteiger partial charge on any atom is -0.494 e. The summed E-state index contributed by atoms with van der Waals surface area (Å²) in [5.41, 5.74) is 1.07. The van der Waals surface area contributed by atoms with E-state index in [4.69, 9.17) is 4.74 Å². The molecule has 4 N–H and O–H groups in total. The van der Waals surface area contributed by atoms with Crippen LogP contribution in [0.15, 0.2) is 24.3 Å². The third-order valence-corrected chi connectivity index (χ3v) is 7.31. The number of hydrogen-bond donors (Lipinski definition) is 4. The van der Waals surface area contributed by atoms with Crippen LogP contribution in [0.3, 0.4) is 0 Å². The van der Waals surface area contributed by atoms with Gasteiger partial charge in [0.1, 0.15) is 11.8 Å². The summed E-state index contributed by atoms with van der Waals surface area (Å²) in [7, 11) is 0. The van der Waals surface area contributed by atoms with Gasteiger partial charge in [-0.05, 0) is 43.4 Å². The standard InChI is InChI=1S/C29H46N4O9/c1-2-3-19-42-24-9-7-23(8-10-24)5-4-6-25(29(40)41)33-17-15-31(21-27(36)37)13-11-30(20-26(34)35)12-14-32(16-18-33)22-28(38)39/h7-10,25H,2-6,11-22H2,1H3,(H,34,35)(H,36,37)(H,38,39)(H,40,41). The largest absolute Gasteiger partial charge is 0.494 e. The quantitative estimate of drug-likeness (QED) is 0.201. The van der Waals surface area contributed by atoms with E-state index in [9.17, 15) is 39.6 Å². The fraction of sp³-hybridized carbons (Fsp3) is 0.655. The first-order chi connectivity index (χ1) is 20.1. The lowest BCUT2D eigenvalue weighted by Gasteiger charge is -2.35. The predicted molar refractivity (Wildman–Crippen MR) is 155 cm³/mol. The van der Waals surface area contributed by atoms with Gasteiger partial charge in [-0.15, -0.1) is 0 Å². The molecule has 13 heteroatoms. The average Bonchev–Trinajstić information content (AvgIpc) is 2.91. The van der Waals surface area contributed by atoms with E-state index < -0.39 is 29.9 Å². The average molecular weight is 595 g/mol. The van der Waals surface area contributed by atoms with E-state index in [1.807, 2.05) is 24.3 Å². The van der Waals surface area contributed by atoms with Crippen LogP contribution < -0.4 is 4.74 Å². The van der Waals surface area contributed by atoms with Crippen molar-refractivity contribution >= 4 is 23.9 Å². The third kappa shape index (κ3) is 14.1. The van der Waals surface area contributed by atoms with Crippen LogP contribution in [-0.4, -0.2) is 149 Å². The van der Waals surface area contributed by atoms with Crippen LogP contribution >= 0.6 is 0 Å². The number of ether oxygens (including phenoxy) is 1. The molecule has 1 saturated heterocycles. The van der Waals surface area contributed by atoms with Crippen LogP contribution in [0.4, 0.5) is 0 Å². The predicted octanol–water partition coefficient (Wildman–Crippen LogP) is 1.12. The Balaban J connectivity index is 2.12. The molecular formula is C29H46N4O9. The summed E-state index contributed by atoms with van der Waals surface area (Å²) in [6.45, 7) is 4.23. The lowest BCUT2D eigenvalue weighted by Crippen LogP contribution is -2.51. The number of aliphatic carboxylic acids is 4. The fourth-order valence-corrected chi connectivity index (χ4v) is 4.96. The molecule has 13 nitrogen and oxygen atoms in total. The number of nitrogens with zero attached hydrogens (tertiary/aromatic N) is 4. The number of carboxylic acid groups (broad SMARTS) is 4. The minimum absolute atomic E-state index is 0.246. The fourth-order valence-electron chi connectivity index (χ4n) is 4.96. The molecular weight excluding hydrogens is 548 g/mol. The number of aryl methyl sites for hydroxylation is 1. The molecule has 1 fully saturated rings. The van der Waals surface area contributed by atoms with Gasteiger partial charge in [0, 0.05) is 52.4 Å². The summed E-state index contributed by atoms with van der Waals surface area (Å²) in [4.78, 5) is 53.6. The zero-order valence-corrected chi connectivity index (χ0v) is 24.5. The molecule has 2 rings (SSSR count). The lowest BCUT2D eigenvalue weighted by molar-refractivity contribution is -0.145. The van der Waals surface area contributed by atoms with Crippen LogP contribution in [0.5, 0.6) is 5.75 Å². The molecule has 1 heterocycles. The summed E-state index contributed by atoms with van der Waals surface area (Å²) in [6, 6.07) is 6.97. The molecule has 1 aliphatic rings. The smallest absolute Gasteiger partial charge is 0.320 e. The molecule has 1 atom stereocenters. The van der Waals surface area contributed by atoms with Crippen LogP contribution in [0, 0.1) is 0 Å². The van der Waals surface area contributed by atoms with E-state index in [-0.39, 0.29) is 72.0 Å². The summed E-state index contributed by atoms with van der Waals surface area (Å²) in [5.74, 6) is -3.25. The van der Waals surface area contributed by atoms with Crippen molar-refractivity contribution in [2.24, 2.45) is 0 Å². The number of rotatable bonds is 16. The number of unbranched alkanes of at least 4 members (excludes halogenated alkanes) is 1. The number of hydrogen-bond acceptors (Lipinski definition) is 9. The molecule has 1 aliphatic heterocycles. The van der Waals surface area contributed by atoms with E-state index in [1.165, 1.54) is 0 Å². The summed E-state index contributed by atoms with van der Waals surface area (Å²) in [6.07, 6.45) is 3.71. The van der Waals surface area contributed by atoms with E-state index in [2.05, 4.69) is 6.92 Å². The molecule has 1 aromatic carbocycles. The molecule has 0 aliphatic carbocycles. The van der Waals surface area contributed by atoms with Crippen LogP contribution in [0.1, 0.15) is 38.2 Å². The maximum atomic E-state index is 12.4. The van der Waals surface area contributed by atoms with E-state index >= 15 is 0 Å². The van der Waals surface area contributed by atoms with Gasteiger partial charge >= 0.3 is 23.9 Å². The highest BCUT2D eigenvalue weighted by Gasteiger charge is 2.27. The highest BCUT2D eigenvalue weighted by molar-refractivity contribution is 5.73. The Kier molecular flexibility index (Phi) is 15.8. The maximum Gasteiger partial charge on any atom is 0.320 e. The van der Waals surface area contributed by atoms with Crippen molar-refractivity contribution in [3.8, 4) is 5.75 Å². The van der Waals surface area contributed by atoms with E-state index in [1.54, 1.807) is 19.6 Å². The van der Waals surface area contributed by atoms with E-state index in [0.29, 0.717) is 25.9 Å². The first-order valence-corrected chi connectivity index (χ1v) is 14.6. The Bertz CT molecular complexity index is 960. The van der Waals surface area contributed by atoms with Gasteiger partial charge in [0.05, 0.1) is 26.2 Å². The van der Waals surface area contributed by atoms with Gasteiger partial charge in [0.15, 0.2) is 0 Å². The van der Waals surface area contributed by atoms with Crippen LogP contribution in [0.2, 0.25) is 0 Å². The second-order valence-electron chi connectivity index (χ2n) is 10.6. The zero-order chi connectivity index (χ0) is 30.9. The Hall–Kier alpha value is -3.26. The molecule has 0 saturated carbocycles. The minimum atomic E-state index is -1.03. The van der Waals surface area contributed by atoms with Crippen LogP contribution in [0.25, 0.3) is 0 Å². The Morgan fingerprint density at radius 2 is 1.17 bits per heavy atom. The highest BCUT2D eigenvalue weighted by atomic mass is 16.5. The molecule has 42 heavy (non-hydrogen) atoms. The van der Waals surface area contributed by atoms with Crippen molar-refractivity contribution in [1.29, 1.82) is 0 Å². The monoisotopic (exact) mass is 594 g/mol. The third-order valence-electron chi connectivity index (χ3n) is 7.31. The van der Waals surface area contributed by atoms with Crippen molar-refractivity contribution < 1.29 is 44.3 Å². The molecule has 0 amide bonds. The Morgan fingerprint density at radius 3 is 1.57 bits per heavy atom. The van der Waals surface area contributed by atoms with Crippen molar-refractivity contribution in [3.63, 3.8) is 0 Å². The molecule has 0 aromatic heterocycles.